The molecule has 1 aliphatic carbocycles. The quantitative estimate of drug-likeness (QED) is 0.550. The minimum Gasteiger partial charge on any atom is -0.278 e. The van der Waals surface area contributed by atoms with Crippen LogP contribution in [0.5, 0.6) is 0 Å². The number of amides is 2. The van der Waals surface area contributed by atoms with Crippen molar-refractivity contribution in [1.82, 2.24) is 5.06 Å². The summed E-state index contributed by atoms with van der Waals surface area (Å²) >= 11 is 0. The first kappa shape index (κ1) is 20.8. The molecule has 4 heteroatoms. The summed E-state index contributed by atoms with van der Waals surface area (Å²) in [7, 11) is 0. The van der Waals surface area contributed by atoms with Gasteiger partial charge in [0, 0.05) is 0 Å². The molecule has 2 aromatic carbocycles. The van der Waals surface area contributed by atoms with Gasteiger partial charge in [0.25, 0.3) is 11.8 Å². The molecule has 158 valence electrons. The lowest BCUT2D eigenvalue weighted by Gasteiger charge is -2.37. The van der Waals surface area contributed by atoms with Gasteiger partial charge in [0.15, 0.2) is 0 Å². The van der Waals surface area contributed by atoms with Crippen LogP contribution in [-0.4, -0.2) is 22.1 Å². The standard InChI is InChI=1S/C26H31NO3/c28-24-23(22-16-10-2-1-3-11-17-22)26(25(29)27(24)30,18-20-12-6-4-7-13-20)19-21-14-8-5-9-15-21/h4-9,12-15,22-23,30H,1-3,10-11,16-19H2. The molecule has 1 atom stereocenters. The zero-order valence-corrected chi connectivity index (χ0v) is 17.5. The van der Waals surface area contributed by atoms with Crippen molar-refractivity contribution in [2.45, 2.75) is 57.8 Å². The number of benzene rings is 2. The highest BCUT2D eigenvalue weighted by molar-refractivity contribution is 6.06. The van der Waals surface area contributed by atoms with E-state index < -0.39 is 23.1 Å². The summed E-state index contributed by atoms with van der Waals surface area (Å²) in [5.74, 6) is -1.19. The van der Waals surface area contributed by atoms with Crippen LogP contribution in [0.3, 0.4) is 0 Å². The maximum Gasteiger partial charge on any atom is 0.260 e. The lowest BCUT2D eigenvalue weighted by molar-refractivity contribution is -0.174. The first-order chi connectivity index (χ1) is 14.6. The second-order valence-electron chi connectivity index (χ2n) is 9.02. The molecule has 1 heterocycles. The fraction of sp³-hybridized carbons (Fsp3) is 0.462. The Labute approximate surface area is 178 Å². The fourth-order valence-corrected chi connectivity index (χ4v) is 5.64. The Hall–Kier alpha value is -2.46. The second kappa shape index (κ2) is 9.13. The third-order valence-electron chi connectivity index (χ3n) is 7.03. The maximum absolute atomic E-state index is 13.5. The molecule has 2 aliphatic rings. The van der Waals surface area contributed by atoms with Gasteiger partial charge in [-0.15, -0.1) is 0 Å². The molecule has 4 nitrogen and oxygen atoms in total. The van der Waals surface area contributed by atoms with Crippen LogP contribution in [-0.2, 0) is 22.4 Å². The predicted molar refractivity (Wildman–Crippen MR) is 116 cm³/mol. The topological polar surface area (TPSA) is 57.6 Å². The van der Waals surface area contributed by atoms with E-state index in [1.54, 1.807) is 0 Å². The van der Waals surface area contributed by atoms with Crippen molar-refractivity contribution < 1.29 is 14.8 Å². The van der Waals surface area contributed by atoms with Crippen molar-refractivity contribution in [1.29, 1.82) is 0 Å². The molecule has 0 radical (unpaired) electrons. The molecule has 4 rings (SSSR count). The van der Waals surface area contributed by atoms with Crippen molar-refractivity contribution in [2.75, 3.05) is 0 Å². The highest BCUT2D eigenvalue weighted by Crippen LogP contribution is 2.49. The molecule has 2 aromatic rings. The monoisotopic (exact) mass is 405 g/mol. The van der Waals surface area contributed by atoms with Crippen molar-refractivity contribution in [3.05, 3.63) is 71.8 Å². The Bertz CT molecular complexity index is 815. The third kappa shape index (κ3) is 4.06. The molecule has 30 heavy (non-hydrogen) atoms. The molecular weight excluding hydrogens is 374 g/mol. The summed E-state index contributed by atoms with van der Waals surface area (Å²) in [5, 5.41) is 11.0. The van der Waals surface area contributed by atoms with Gasteiger partial charge < -0.3 is 0 Å². The Morgan fingerprint density at radius 2 is 1.23 bits per heavy atom. The van der Waals surface area contributed by atoms with E-state index in [-0.39, 0.29) is 5.92 Å². The SMILES string of the molecule is O=C1C(C2CCCCCCC2)C(Cc2ccccc2)(Cc2ccccc2)C(=O)N1O. The minimum absolute atomic E-state index is 0.131. The molecule has 1 N–H and O–H groups in total. The summed E-state index contributed by atoms with van der Waals surface area (Å²) in [5.41, 5.74) is 1.11. The smallest absolute Gasteiger partial charge is 0.260 e. The van der Waals surface area contributed by atoms with E-state index in [1.165, 1.54) is 19.3 Å². The third-order valence-corrected chi connectivity index (χ3v) is 7.03. The molecule has 1 unspecified atom stereocenters. The van der Waals surface area contributed by atoms with E-state index in [0.717, 1.165) is 36.8 Å². The largest absolute Gasteiger partial charge is 0.278 e. The Morgan fingerprint density at radius 1 is 0.767 bits per heavy atom. The average molecular weight is 406 g/mol. The summed E-state index contributed by atoms with van der Waals surface area (Å²) in [6, 6.07) is 19.8. The molecule has 0 spiro atoms. The Kier molecular flexibility index (Phi) is 6.33. The highest BCUT2D eigenvalue weighted by Gasteiger charge is 2.61. The van der Waals surface area contributed by atoms with Crippen LogP contribution in [0.1, 0.15) is 56.1 Å². The van der Waals surface area contributed by atoms with Gasteiger partial charge in [-0.05, 0) is 42.7 Å². The van der Waals surface area contributed by atoms with Gasteiger partial charge in [-0.3, -0.25) is 14.8 Å². The van der Waals surface area contributed by atoms with Crippen molar-refractivity contribution in [3.63, 3.8) is 0 Å². The Balaban J connectivity index is 1.78. The fourth-order valence-electron chi connectivity index (χ4n) is 5.64. The summed E-state index contributed by atoms with van der Waals surface area (Å²) in [6.45, 7) is 0. The number of imide groups is 1. The maximum atomic E-state index is 13.5. The second-order valence-corrected chi connectivity index (χ2v) is 9.02. The van der Waals surface area contributed by atoms with Crippen LogP contribution in [0, 0.1) is 17.3 Å². The van der Waals surface area contributed by atoms with Crippen LogP contribution in [0.2, 0.25) is 0 Å². The predicted octanol–water partition coefficient (Wildman–Crippen LogP) is 5.19. The molecule has 1 saturated heterocycles. The van der Waals surface area contributed by atoms with Crippen molar-refractivity contribution >= 4 is 11.8 Å². The molecule has 0 bridgehead atoms. The van der Waals surface area contributed by atoms with Gasteiger partial charge in [-0.2, -0.15) is 5.06 Å². The number of hydroxylamine groups is 2. The summed E-state index contributed by atoms with van der Waals surface area (Å²) in [6.07, 6.45) is 8.59. The molecule has 0 aromatic heterocycles. The van der Waals surface area contributed by atoms with Crippen LogP contribution in [0.25, 0.3) is 0 Å². The van der Waals surface area contributed by atoms with E-state index in [1.807, 2.05) is 60.7 Å². The van der Waals surface area contributed by atoms with E-state index in [0.29, 0.717) is 17.9 Å². The number of hydrogen-bond acceptors (Lipinski definition) is 3. The lowest BCUT2D eigenvalue weighted by Crippen LogP contribution is -2.43. The van der Waals surface area contributed by atoms with E-state index >= 15 is 0 Å². The first-order valence-electron chi connectivity index (χ1n) is 11.3. The first-order valence-corrected chi connectivity index (χ1v) is 11.3. The van der Waals surface area contributed by atoms with E-state index in [9.17, 15) is 14.8 Å². The van der Waals surface area contributed by atoms with Gasteiger partial charge >= 0.3 is 0 Å². The molecule has 2 fully saturated rings. The van der Waals surface area contributed by atoms with Crippen molar-refractivity contribution in [2.24, 2.45) is 17.3 Å². The zero-order chi connectivity index (χ0) is 21.0. The number of carbonyl (C=O) groups is 2. The van der Waals surface area contributed by atoms with Crippen LogP contribution in [0.15, 0.2) is 60.7 Å². The summed E-state index contributed by atoms with van der Waals surface area (Å²) < 4.78 is 0. The highest BCUT2D eigenvalue weighted by atomic mass is 16.5. The molecule has 2 amide bonds. The Morgan fingerprint density at radius 3 is 1.73 bits per heavy atom. The number of rotatable bonds is 5. The van der Waals surface area contributed by atoms with Crippen molar-refractivity contribution in [3.8, 4) is 0 Å². The van der Waals surface area contributed by atoms with Gasteiger partial charge in [0.1, 0.15) is 0 Å². The molecule has 1 aliphatic heterocycles. The molecular formula is C26H31NO3. The van der Waals surface area contributed by atoms with Gasteiger partial charge in [-0.25, -0.2) is 0 Å². The van der Waals surface area contributed by atoms with E-state index in [4.69, 9.17) is 0 Å². The van der Waals surface area contributed by atoms with Crippen LogP contribution >= 0.6 is 0 Å². The zero-order valence-electron chi connectivity index (χ0n) is 17.5. The molecule has 1 saturated carbocycles. The normalized spacial score (nSPS) is 22.7. The van der Waals surface area contributed by atoms with Gasteiger partial charge in [-0.1, -0.05) is 92.8 Å². The number of carbonyl (C=O) groups excluding carboxylic acids is 2. The van der Waals surface area contributed by atoms with Crippen LogP contribution < -0.4 is 0 Å². The number of hydrogen-bond donors (Lipinski definition) is 1. The lowest BCUT2D eigenvalue weighted by atomic mass is 9.62. The van der Waals surface area contributed by atoms with Gasteiger partial charge in [0.05, 0.1) is 11.3 Å². The van der Waals surface area contributed by atoms with Gasteiger partial charge in [0.2, 0.25) is 0 Å². The minimum atomic E-state index is -0.946. The average Bonchev–Trinajstić information content (AvgIpc) is 2.91. The summed E-state index contributed by atoms with van der Waals surface area (Å²) in [4.78, 5) is 26.8. The number of nitrogens with zero attached hydrogens (tertiary/aromatic N) is 1. The van der Waals surface area contributed by atoms with E-state index in [2.05, 4.69) is 0 Å². The van der Waals surface area contributed by atoms with Crippen LogP contribution in [0.4, 0.5) is 0 Å².